The first-order valence-electron chi connectivity index (χ1n) is 14.8. The molecule has 3 N–H and O–H groups in total. The summed E-state index contributed by atoms with van der Waals surface area (Å²) in [7, 11) is 0. The highest BCUT2D eigenvalue weighted by atomic mass is 16.5. The van der Waals surface area contributed by atoms with Crippen molar-refractivity contribution in [3.63, 3.8) is 0 Å². The minimum Gasteiger partial charge on any atom is -0.457 e. The molecular weight excluding hydrogens is 426 g/mol. The summed E-state index contributed by atoms with van der Waals surface area (Å²) >= 11 is 0. The molecule has 1 atom stereocenters. The van der Waals surface area contributed by atoms with E-state index in [0.29, 0.717) is 5.69 Å². The number of anilines is 1. The van der Waals surface area contributed by atoms with Gasteiger partial charge in [0.2, 0.25) is 5.91 Å². The predicted octanol–water partition coefficient (Wildman–Crippen LogP) is 4.89. The maximum atomic E-state index is 13.2. The normalized spacial score (nSPS) is 17.7. The molecule has 0 fully saturated rings. The van der Waals surface area contributed by atoms with Crippen LogP contribution in [-0.4, -0.2) is 23.4 Å². The molecule has 1 amide bonds. The van der Waals surface area contributed by atoms with Crippen molar-refractivity contribution in [2.24, 2.45) is 5.73 Å². The molecule has 0 bridgehead atoms. The van der Waals surface area contributed by atoms with Gasteiger partial charge in [0.25, 0.3) is 0 Å². The topological polar surface area (TPSA) is 94.3 Å². The van der Waals surface area contributed by atoms with Crippen LogP contribution in [0.1, 0.15) is 50.8 Å². The van der Waals surface area contributed by atoms with Crippen molar-refractivity contribution in [1.29, 1.82) is 0 Å². The number of rotatable bonds is 7. The number of nitrogens with one attached hydrogen (secondary N) is 1. The van der Waals surface area contributed by atoms with E-state index < -0.39 is 55.7 Å². The average molecular weight is 463 g/mol. The summed E-state index contributed by atoms with van der Waals surface area (Å²) in [6, 6.07) is 14.9. The summed E-state index contributed by atoms with van der Waals surface area (Å²) < 4.78 is 76.2. The molecule has 0 unspecified atom stereocenters. The van der Waals surface area contributed by atoms with Crippen LogP contribution in [0.2, 0.25) is 0 Å². The zero-order chi connectivity index (χ0) is 31.8. The van der Waals surface area contributed by atoms with Crippen LogP contribution in [0.25, 0.3) is 10.8 Å². The molecule has 1 heterocycles. The summed E-state index contributed by atoms with van der Waals surface area (Å²) in [6.07, 6.45) is 3.29. The molecule has 0 aliphatic rings. The molecule has 0 saturated carbocycles. The minimum absolute atomic E-state index is 0.147. The number of ether oxygens (including phenoxy) is 1. The summed E-state index contributed by atoms with van der Waals surface area (Å²) in [4.78, 5) is 30.1. The molecular formula is C28H27N3O3. The smallest absolute Gasteiger partial charge is 0.338 e. The van der Waals surface area contributed by atoms with Crippen LogP contribution in [0.5, 0.6) is 0 Å². The first kappa shape index (κ1) is 14.3. The van der Waals surface area contributed by atoms with Crippen LogP contribution in [0.4, 0.5) is 5.69 Å². The van der Waals surface area contributed by atoms with Crippen LogP contribution in [0.3, 0.4) is 0 Å². The molecule has 34 heavy (non-hydrogen) atoms. The largest absolute Gasteiger partial charge is 0.457 e. The zero-order valence-corrected chi connectivity index (χ0v) is 18.0. The highest BCUT2D eigenvalue weighted by Gasteiger charge is 2.19. The number of nitrogens with zero attached hydrogens (tertiary/aromatic N) is 1. The Morgan fingerprint density at radius 3 is 2.71 bits per heavy atom. The Morgan fingerprint density at radius 1 is 1.09 bits per heavy atom. The lowest BCUT2D eigenvalue weighted by molar-refractivity contribution is -0.117. The van der Waals surface area contributed by atoms with Gasteiger partial charge in [-0.2, -0.15) is 0 Å². The molecule has 4 aromatic rings. The van der Waals surface area contributed by atoms with Gasteiger partial charge < -0.3 is 15.8 Å². The third-order valence-corrected chi connectivity index (χ3v) is 5.11. The molecule has 4 rings (SSSR count). The lowest BCUT2D eigenvalue weighted by Gasteiger charge is -2.16. The van der Waals surface area contributed by atoms with Gasteiger partial charge in [-0.05, 0) is 60.0 Å². The first-order chi connectivity index (χ1) is 20.0. The standard InChI is InChI=1S/C28H27N3O3/c1-18-3-10-25(19(2)13-18)28(33)34-17-20-4-6-21(7-5-20)26(15-29)27(32)31-24-9-8-23-16-30-12-11-22(23)14-24/h3-14,16,26H,15,17,29H2,1-2H3,(H,31,32)/t26-/m1/s1/i1D3,2D3,17D2,26D. The number of hydrogen-bond acceptors (Lipinski definition) is 5. The van der Waals surface area contributed by atoms with Gasteiger partial charge in [0.05, 0.1) is 14.2 Å². The second-order valence-electron chi connectivity index (χ2n) is 7.40. The molecule has 6 heteroatoms. The van der Waals surface area contributed by atoms with Crippen molar-refractivity contribution in [1.82, 2.24) is 4.98 Å². The minimum atomic E-state index is -2.88. The number of aromatic nitrogens is 1. The Kier molecular flexibility index (Phi) is 4.31. The highest BCUT2D eigenvalue weighted by molar-refractivity contribution is 5.98. The number of aryl methyl sites for hydroxylation is 2. The second-order valence-corrected chi connectivity index (χ2v) is 7.40. The van der Waals surface area contributed by atoms with Gasteiger partial charge in [0, 0.05) is 39.6 Å². The van der Waals surface area contributed by atoms with Crippen molar-refractivity contribution in [3.05, 3.63) is 107 Å². The molecule has 0 saturated heterocycles. The lowest BCUT2D eigenvalue weighted by Crippen LogP contribution is -2.27. The Bertz CT molecular complexity index is 1670. The van der Waals surface area contributed by atoms with Crippen molar-refractivity contribution in [3.8, 4) is 0 Å². The lowest BCUT2D eigenvalue weighted by atomic mass is 9.97. The molecule has 6 nitrogen and oxygen atoms in total. The SMILES string of the molecule is [2H]C([2H])([2H])c1ccc(C(=O)OC([2H])([2H])c2ccc([C@@]([2H])(CN)C(=O)Nc3ccc4cnccc4c3)cc2)c(C([2H])([2H])[2H])c1. The summed E-state index contributed by atoms with van der Waals surface area (Å²) in [5.74, 6) is -3.99. The Morgan fingerprint density at radius 2 is 1.94 bits per heavy atom. The number of carbonyl (C=O) groups is 2. The van der Waals surface area contributed by atoms with E-state index in [4.69, 9.17) is 22.8 Å². The van der Waals surface area contributed by atoms with E-state index in [1.807, 2.05) is 0 Å². The Hall–Kier alpha value is -4.03. The summed E-state index contributed by atoms with van der Waals surface area (Å²) in [5.41, 5.74) is 4.87. The van der Waals surface area contributed by atoms with Crippen molar-refractivity contribution < 1.29 is 26.7 Å². The van der Waals surface area contributed by atoms with Crippen molar-refractivity contribution in [2.45, 2.75) is 26.2 Å². The summed E-state index contributed by atoms with van der Waals surface area (Å²) in [5, 5.41) is 4.39. The van der Waals surface area contributed by atoms with E-state index in [-0.39, 0.29) is 16.7 Å². The quantitative estimate of drug-likeness (QED) is 0.381. The molecule has 1 aromatic heterocycles. The van der Waals surface area contributed by atoms with Gasteiger partial charge in [0.1, 0.15) is 6.56 Å². The first-order valence-corrected chi connectivity index (χ1v) is 10.3. The van der Waals surface area contributed by atoms with Gasteiger partial charge in [-0.1, -0.05) is 48.0 Å². The number of carbonyl (C=O) groups excluding carboxylic acids is 2. The molecule has 172 valence electrons. The van der Waals surface area contributed by atoms with E-state index in [1.54, 1.807) is 36.7 Å². The second kappa shape index (κ2) is 10.3. The van der Waals surface area contributed by atoms with Crippen LogP contribution < -0.4 is 11.1 Å². The Labute approximate surface area is 211 Å². The molecule has 0 radical (unpaired) electrons. The number of amides is 1. The van der Waals surface area contributed by atoms with Crippen molar-refractivity contribution in [2.75, 3.05) is 11.9 Å². The van der Waals surface area contributed by atoms with Gasteiger partial charge in [0.15, 0.2) is 0 Å². The van der Waals surface area contributed by atoms with E-state index >= 15 is 0 Å². The highest BCUT2D eigenvalue weighted by Crippen LogP contribution is 2.22. The van der Waals surface area contributed by atoms with Crippen LogP contribution in [-0.2, 0) is 16.1 Å². The fraction of sp³-hybridized carbons (Fsp3) is 0.179. The molecule has 0 aliphatic carbocycles. The predicted molar refractivity (Wildman–Crippen MR) is 134 cm³/mol. The van der Waals surface area contributed by atoms with Crippen LogP contribution >= 0.6 is 0 Å². The number of fused-ring (bicyclic) bond motifs is 1. The van der Waals surface area contributed by atoms with Crippen molar-refractivity contribution >= 4 is 28.3 Å². The van der Waals surface area contributed by atoms with E-state index in [0.717, 1.165) is 29.0 Å². The number of hydrogen-bond donors (Lipinski definition) is 2. The van der Waals surface area contributed by atoms with Gasteiger partial charge >= 0.3 is 5.97 Å². The number of pyridine rings is 1. The number of esters is 1. The van der Waals surface area contributed by atoms with Crippen LogP contribution in [0.15, 0.2) is 79.1 Å². The molecule has 0 spiro atoms. The van der Waals surface area contributed by atoms with E-state index in [2.05, 4.69) is 10.3 Å². The molecule has 0 aliphatic heterocycles. The van der Waals surface area contributed by atoms with Gasteiger partial charge in [-0.15, -0.1) is 0 Å². The van der Waals surface area contributed by atoms with Gasteiger partial charge in [-0.25, -0.2) is 4.79 Å². The third-order valence-electron chi connectivity index (χ3n) is 5.11. The van der Waals surface area contributed by atoms with Crippen LogP contribution in [0, 0.1) is 13.7 Å². The summed E-state index contributed by atoms with van der Waals surface area (Å²) in [6.45, 7) is -8.67. The monoisotopic (exact) mass is 462 g/mol. The number of nitrogens with two attached hydrogens (primary N) is 1. The third kappa shape index (κ3) is 5.30. The Balaban J connectivity index is 1.55. The maximum Gasteiger partial charge on any atom is 0.338 e. The van der Waals surface area contributed by atoms with E-state index in [9.17, 15) is 9.59 Å². The van der Waals surface area contributed by atoms with E-state index in [1.165, 1.54) is 24.3 Å². The average Bonchev–Trinajstić information content (AvgIpc) is 2.95. The fourth-order valence-electron chi connectivity index (χ4n) is 3.33. The zero-order valence-electron chi connectivity index (χ0n) is 27.0. The van der Waals surface area contributed by atoms with Gasteiger partial charge in [-0.3, -0.25) is 9.78 Å². The molecule has 3 aromatic carbocycles. The number of benzene rings is 3. The maximum absolute atomic E-state index is 13.2. The fourth-order valence-corrected chi connectivity index (χ4v) is 3.33.